The molecule has 2 aliphatic rings. The summed E-state index contributed by atoms with van der Waals surface area (Å²) >= 11 is 0. The smallest absolute Gasteiger partial charge is 0.410 e. The molecule has 2 heterocycles. The summed E-state index contributed by atoms with van der Waals surface area (Å²) in [6, 6.07) is 12.5. The largest absolute Gasteiger partial charge is 0.445 e. The zero-order valence-corrected chi connectivity index (χ0v) is 16.2. The summed E-state index contributed by atoms with van der Waals surface area (Å²) in [6.45, 7) is 5.48. The first-order valence-corrected chi connectivity index (χ1v) is 9.80. The van der Waals surface area contributed by atoms with E-state index < -0.39 is 0 Å². The van der Waals surface area contributed by atoms with Crippen LogP contribution in [0.4, 0.5) is 14.9 Å². The van der Waals surface area contributed by atoms with Gasteiger partial charge in [-0.15, -0.1) is 0 Å². The van der Waals surface area contributed by atoms with Crippen molar-refractivity contribution in [1.82, 2.24) is 9.80 Å². The third-order valence-electron chi connectivity index (χ3n) is 5.63. The molecule has 148 valence electrons. The quantitative estimate of drug-likeness (QED) is 0.815. The van der Waals surface area contributed by atoms with Crippen molar-refractivity contribution in [1.29, 1.82) is 0 Å². The average molecular weight is 383 g/mol. The SMILES string of the molecule is CN1CCN(c2cccc3c2CN(C(=O)OCc2ccc(F)cc2)CC3)CC1. The van der Waals surface area contributed by atoms with Gasteiger partial charge in [-0.1, -0.05) is 24.3 Å². The highest BCUT2D eigenvalue weighted by molar-refractivity contribution is 5.69. The summed E-state index contributed by atoms with van der Waals surface area (Å²) < 4.78 is 18.5. The second-order valence-electron chi connectivity index (χ2n) is 7.56. The Balaban J connectivity index is 1.43. The van der Waals surface area contributed by atoms with E-state index in [0.29, 0.717) is 13.1 Å². The number of carbonyl (C=O) groups is 1. The zero-order valence-electron chi connectivity index (χ0n) is 16.2. The van der Waals surface area contributed by atoms with E-state index in [1.165, 1.54) is 28.9 Å². The average Bonchev–Trinajstić information content (AvgIpc) is 2.73. The van der Waals surface area contributed by atoms with Crippen molar-refractivity contribution in [2.75, 3.05) is 44.7 Å². The molecule has 6 heteroatoms. The predicted molar refractivity (Wildman–Crippen MR) is 107 cm³/mol. The summed E-state index contributed by atoms with van der Waals surface area (Å²) in [5.74, 6) is -0.292. The van der Waals surface area contributed by atoms with Crippen LogP contribution >= 0.6 is 0 Å². The van der Waals surface area contributed by atoms with Crippen molar-refractivity contribution in [3.8, 4) is 0 Å². The van der Waals surface area contributed by atoms with Crippen LogP contribution in [0.5, 0.6) is 0 Å². The highest BCUT2D eigenvalue weighted by Gasteiger charge is 2.26. The minimum atomic E-state index is -0.317. The van der Waals surface area contributed by atoms with Gasteiger partial charge in [0.2, 0.25) is 0 Å². The van der Waals surface area contributed by atoms with Crippen LogP contribution in [0.1, 0.15) is 16.7 Å². The number of halogens is 1. The molecule has 1 fully saturated rings. The molecule has 2 aromatic rings. The Bertz CT molecular complexity index is 832. The Labute approximate surface area is 165 Å². The third kappa shape index (κ3) is 4.12. The van der Waals surface area contributed by atoms with E-state index in [1.54, 1.807) is 17.0 Å². The molecule has 0 aliphatic carbocycles. The number of hydrogen-bond donors (Lipinski definition) is 0. The number of anilines is 1. The second-order valence-corrected chi connectivity index (χ2v) is 7.56. The fraction of sp³-hybridized carbons (Fsp3) is 0.409. The van der Waals surface area contributed by atoms with Crippen molar-refractivity contribution in [2.24, 2.45) is 0 Å². The van der Waals surface area contributed by atoms with Crippen LogP contribution in [-0.2, 0) is 24.3 Å². The third-order valence-corrected chi connectivity index (χ3v) is 5.63. The lowest BCUT2D eigenvalue weighted by molar-refractivity contribution is 0.0919. The van der Waals surface area contributed by atoms with Crippen LogP contribution in [0.2, 0.25) is 0 Å². The molecule has 1 saturated heterocycles. The van der Waals surface area contributed by atoms with E-state index in [9.17, 15) is 9.18 Å². The van der Waals surface area contributed by atoms with Gasteiger partial charge in [0.15, 0.2) is 0 Å². The lowest BCUT2D eigenvalue weighted by Gasteiger charge is -2.37. The van der Waals surface area contributed by atoms with Gasteiger partial charge in [-0.3, -0.25) is 0 Å². The minimum Gasteiger partial charge on any atom is -0.445 e. The molecular weight excluding hydrogens is 357 g/mol. The number of nitrogens with zero attached hydrogens (tertiary/aromatic N) is 3. The molecule has 28 heavy (non-hydrogen) atoms. The van der Waals surface area contributed by atoms with Gasteiger partial charge in [-0.25, -0.2) is 9.18 Å². The minimum absolute atomic E-state index is 0.155. The Hall–Kier alpha value is -2.60. The van der Waals surface area contributed by atoms with Crippen LogP contribution in [-0.4, -0.2) is 55.7 Å². The first-order valence-electron chi connectivity index (χ1n) is 9.80. The Morgan fingerprint density at radius 1 is 1.04 bits per heavy atom. The Morgan fingerprint density at radius 2 is 1.79 bits per heavy atom. The van der Waals surface area contributed by atoms with Gasteiger partial charge in [-0.05, 0) is 48.4 Å². The summed E-state index contributed by atoms with van der Waals surface area (Å²) in [4.78, 5) is 19.1. The van der Waals surface area contributed by atoms with E-state index in [1.807, 2.05) is 0 Å². The zero-order chi connectivity index (χ0) is 19.5. The van der Waals surface area contributed by atoms with Gasteiger partial charge < -0.3 is 19.4 Å². The molecule has 0 radical (unpaired) electrons. The van der Waals surface area contributed by atoms with E-state index >= 15 is 0 Å². The molecular formula is C22H26FN3O2. The molecule has 0 saturated carbocycles. The van der Waals surface area contributed by atoms with Gasteiger partial charge in [-0.2, -0.15) is 0 Å². The Kier molecular flexibility index (Phi) is 5.48. The molecule has 2 aromatic carbocycles. The monoisotopic (exact) mass is 383 g/mol. The summed E-state index contributed by atoms with van der Waals surface area (Å²) in [5, 5.41) is 0. The maximum Gasteiger partial charge on any atom is 0.410 e. The van der Waals surface area contributed by atoms with Gasteiger partial charge in [0.1, 0.15) is 12.4 Å². The molecule has 0 atom stereocenters. The van der Waals surface area contributed by atoms with Gasteiger partial charge in [0.05, 0.1) is 6.54 Å². The van der Waals surface area contributed by atoms with Crippen LogP contribution in [0.25, 0.3) is 0 Å². The summed E-state index contributed by atoms with van der Waals surface area (Å²) in [7, 11) is 2.15. The van der Waals surface area contributed by atoms with Crippen LogP contribution < -0.4 is 4.90 Å². The van der Waals surface area contributed by atoms with E-state index in [2.05, 4.69) is 35.0 Å². The van der Waals surface area contributed by atoms with Crippen molar-refractivity contribution in [3.05, 3.63) is 65.0 Å². The number of hydrogen-bond acceptors (Lipinski definition) is 4. The molecule has 2 aliphatic heterocycles. The number of amides is 1. The number of benzene rings is 2. The van der Waals surface area contributed by atoms with Gasteiger partial charge in [0.25, 0.3) is 0 Å². The molecule has 0 bridgehead atoms. The number of ether oxygens (including phenoxy) is 1. The molecule has 0 unspecified atom stereocenters. The maximum absolute atomic E-state index is 13.0. The molecule has 0 spiro atoms. The maximum atomic E-state index is 13.0. The first kappa shape index (κ1) is 18.7. The number of fused-ring (bicyclic) bond motifs is 1. The topological polar surface area (TPSA) is 36.0 Å². The van der Waals surface area contributed by atoms with Crippen molar-refractivity contribution in [3.63, 3.8) is 0 Å². The fourth-order valence-corrected chi connectivity index (χ4v) is 3.88. The predicted octanol–water partition coefficient (Wildman–Crippen LogP) is 3.27. The van der Waals surface area contributed by atoms with E-state index in [-0.39, 0.29) is 18.5 Å². The first-order chi connectivity index (χ1) is 13.6. The van der Waals surface area contributed by atoms with Crippen molar-refractivity contribution in [2.45, 2.75) is 19.6 Å². The molecule has 1 amide bonds. The normalized spacial score (nSPS) is 17.4. The Morgan fingerprint density at radius 3 is 2.54 bits per heavy atom. The highest BCUT2D eigenvalue weighted by Crippen LogP contribution is 2.30. The lowest BCUT2D eigenvalue weighted by atomic mass is 9.97. The van der Waals surface area contributed by atoms with E-state index in [0.717, 1.165) is 38.2 Å². The molecule has 4 rings (SSSR count). The summed E-state index contributed by atoms with van der Waals surface area (Å²) in [5.41, 5.74) is 4.57. The number of piperazine rings is 1. The van der Waals surface area contributed by atoms with Gasteiger partial charge in [0, 0.05) is 38.4 Å². The van der Waals surface area contributed by atoms with Crippen molar-refractivity contribution >= 4 is 11.8 Å². The number of rotatable bonds is 3. The van der Waals surface area contributed by atoms with Crippen LogP contribution in [0, 0.1) is 5.82 Å². The highest BCUT2D eigenvalue weighted by atomic mass is 19.1. The number of carbonyl (C=O) groups excluding carboxylic acids is 1. The molecule has 0 aromatic heterocycles. The van der Waals surface area contributed by atoms with Crippen LogP contribution in [0.3, 0.4) is 0 Å². The molecule has 0 N–H and O–H groups in total. The fourth-order valence-electron chi connectivity index (χ4n) is 3.88. The lowest BCUT2D eigenvalue weighted by Crippen LogP contribution is -2.45. The van der Waals surface area contributed by atoms with Crippen molar-refractivity contribution < 1.29 is 13.9 Å². The molecule has 5 nitrogen and oxygen atoms in total. The standard InChI is InChI=1S/C22H26FN3O2/c1-24-11-13-25(14-12-24)21-4-2-3-18-9-10-26(15-20(18)21)22(27)28-16-17-5-7-19(23)8-6-17/h2-8H,9-16H2,1H3. The number of likely N-dealkylation sites (N-methyl/N-ethyl adjacent to an activating group) is 1. The second kappa shape index (κ2) is 8.19. The van der Waals surface area contributed by atoms with Crippen LogP contribution in [0.15, 0.2) is 42.5 Å². The summed E-state index contributed by atoms with van der Waals surface area (Å²) in [6.07, 6.45) is 0.519. The van der Waals surface area contributed by atoms with E-state index in [4.69, 9.17) is 4.74 Å². The van der Waals surface area contributed by atoms with Gasteiger partial charge >= 0.3 is 6.09 Å².